The minimum absolute atomic E-state index is 0.0525. The lowest BCUT2D eigenvalue weighted by Gasteiger charge is -2.17. The van der Waals surface area contributed by atoms with Crippen LogP contribution in [0.5, 0.6) is 0 Å². The van der Waals surface area contributed by atoms with Gasteiger partial charge in [-0.2, -0.15) is 0 Å². The van der Waals surface area contributed by atoms with Gasteiger partial charge in [0, 0.05) is 12.0 Å². The molecule has 1 aromatic heterocycles. The van der Waals surface area contributed by atoms with Crippen LogP contribution in [0.1, 0.15) is 19.3 Å². The van der Waals surface area contributed by atoms with Gasteiger partial charge in [0.25, 0.3) is 0 Å². The molecule has 17 heavy (non-hydrogen) atoms. The molecule has 1 amide bonds. The standard InChI is InChI=1S/C12H16FN3O/c13-9-4-10(7-15-6-9)16-12(17)11-3-1-2-8(11)5-14/h4,6-8,11H,1-3,5,14H2,(H,16,17). The number of aromatic nitrogens is 1. The van der Waals surface area contributed by atoms with Gasteiger partial charge in [-0.1, -0.05) is 6.42 Å². The Morgan fingerprint density at radius 2 is 2.35 bits per heavy atom. The van der Waals surface area contributed by atoms with Gasteiger partial charge in [0.1, 0.15) is 5.82 Å². The fourth-order valence-corrected chi connectivity index (χ4v) is 2.38. The summed E-state index contributed by atoms with van der Waals surface area (Å²) in [7, 11) is 0. The molecule has 1 aromatic rings. The molecule has 4 nitrogen and oxygen atoms in total. The van der Waals surface area contributed by atoms with Crippen LogP contribution in [0.2, 0.25) is 0 Å². The third-order valence-corrected chi connectivity index (χ3v) is 3.27. The van der Waals surface area contributed by atoms with Crippen molar-refractivity contribution in [2.45, 2.75) is 19.3 Å². The molecule has 0 radical (unpaired) electrons. The van der Waals surface area contributed by atoms with Crippen LogP contribution in [0.4, 0.5) is 10.1 Å². The van der Waals surface area contributed by atoms with Crippen molar-refractivity contribution >= 4 is 11.6 Å². The third-order valence-electron chi connectivity index (χ3n) is 3.27. The zero-order valence-electron chi connectivity index (χ0n) is 9.53. The summed E-state index contributed by atoms with van der Waals surface area (Å²) in [6.45, 7) is 0.527. The van der Waals surface area contributed by atoms with Crippen LogP contribution in [-0.2, 0) is 4.79 Å². The first-order chi connectivity index (χ1) is 8.20. The molecule has 2 rings (SSSR count). The monoisotopic (exact) mass is 237 g/mol. The molecule has 0 spiro atoms. The van der Waals surface area contributed by atoms with Crippen LogP contribution in [-0.4, -0.2) is 17.4 Å². The molecular formula is C12H16FN3O. The van der Waals surface area contributed by atoms with Gasteiger partial charge in [-0.05, 0) is 25.3 Å². The Bertz CT molecular complexity index is 410. The van der Waals surface area contributed by atoms with E-state index in [0.29, 0.717) is 12.2 Å². The smallest absolute Gasteiger partial charge is 0.227 e. The molecule has 0 aromatic carbocycles. The highest BCUT2D eigenvalue weighted by Gasteiger charge is 2.31. The number of carbonyl (C=O) groups is 1. The average Bonchev–Trinajstić information content (AvgIpc) is 2.77. The lowest BCUT2D eigenvalue weighted by atomic mass is 9.95. The summed E-state index contributed by atoms with van der Waals surface area (Å²) in [5, 5.41) is 2.69. The Hall–Kier alpha value is -1.49. The van der Waals surface area contributed by atoms with Crippen molar-refractivity contribution < 1.29 is 9.18 Å². The molecular weight excluding hydrogens is 221 g/mol. The number of nitrogens with one attached hydrogen (secondary N) is 1. The zero-order valence-corrected chi connectivity index (χ0v) is 9.53. The number of nitrogens with zero attached hydrogens (tertiary/aromatic N) is 1. The van der Waals surface area contributed by atoms with E-state index in [1.54, 1.807) is 0 Å². The summed E-state index contributed by atoms with van der Waals surface area (Å²) >= 11 is 0. The number of pyridine rings is 1. The molecule has 3 N–H and O–H groups in total. The van der Waals surface area contributed by atoms with Gasteiger partial charge in [-0.15, -0.1) is 0 Å². The summed E-state index contributed by atoms with van der Waals surface area (Å²) < 4.78 is 12.9. The van der Waals surface area contributed by atoms with Gasteiger partial charge in [0.05, 0.1) is 18.1 Å². The minimum Gasteiger partial charge on any atom is -0.330 e. The van der Waals surface area contributed by atoms with Crippen LogP contribution >= 0.6 is 0 Å². The van der Waals surface area contributed by atoms with E-state index >= 15 is 0 Å². The van der Waals surface area contributed by atoms with E-state index in [1.807, 2.05) is 0 Å². The molecule has 0 bridgehead atoms. The van der Waals surface area contributed by atoms with Crippen LogP contribution in [0.25, 0.3) is 0 Å². The fraction of sp³-hybridized carbons (Fsp3) is 0.500. The highest BCUT2D eigenvalue weighted by Crippen LogP contribution is 2.31. The van der Waals surface area contributed by atoms with E-state index in [0.717, 1.165) is 25.5 Å². The first-order valence-corrected chi connectivity index (χ1v) is 5.82. The normalized spacial score (nSPS) is 23.6. The number of anilines is 1. The quantitative estimate of drug-likeness (QED) is 0.837. The summed E-state index contributed by atoms with van der Waals surface area (Å²) in [5.41, 5.74) is 6.03. The SMILES string of the molecule is NCC1CCCC1C(=O)Nc1cncc(F)c1. The molecule has 1 heterocycles. The van der Waals surface area contributed by atoms with Gasteiger partial charge < -0.3 is 11.1 Å². The lowest BCUT2D eigenvalue weighted by Crippen LogP contribution is -2.29. The van der Waals surface area contributed by atoms with Crippen molar-refractivity contribution in [3.8, 4) is 0 Å². The van der Waals surface area contributed by atoms with E-state index in [-0.39, 0.29) is 17.7 Å². The van der Waals surface area contributed by atoms with Crippen molar-refractivity contribution in [2.75, 3.05) is 11.9 Å². The van der Waals surface area contributed by atoms with E-state index in [4.69, 9.17) is 5.73 Å². The molecule has 92 valence electrons. The first-order valence-electron chi connectivity index (χ1n) is 5.82. The number of amides is 1. The van der Waals surface area contributed by atoms with Crippen LogP contribution in [0.3, 0.4) is 0 Å². The molecule has 1 fully saturated rings. The van der Waals surface area contributed by atoms with Crippen molar-refractivity contribution in [3.05, 3.63) is 24.3 Å². The zero-order chi connectivity index (χ0) is 12.3. The molecule has 0 saturated heterocycles. The van der Waals surface area contributed by atoms with Crippen LogP contribution in [0.15, 0.2) is 18.5 Å². The fourth-order valence-electron chi connectivity index (χ4n) is 2.38. The maximum Gasteiger partial charge on any atom is 0.227 e. The highest BCUT2D eigenvalue weighted by atomic mass is 19.1. The molecule has 0 aliphatic heterocycles. The largest absolute Gasteiger partial charge is 0.330 e. The van der Waals surface area contributed by atoms with Crippen molar-refractivity contribution in [3.63, 3.8) is 0 Å². The second kappa shape index (κ2) is 5.23. The molecule has 2 unspecified atom stereocenters. The Labute approximate surface area is 99.4 Å². The first kappa shape index (κ1) is 12.0. The predicted molar refractivity (Wildman–Crippen MR) is 62.7 cm³/mol. The number of hydrogen-bond acceptors (Lipinski definition) is 3. The number of hydrogen-bond donors (Lipinski definition) is 2. The Kier molecular flexibility index (Phi) is 3.68. The number of nitrogens with two attached hydrogens (primary N) is 1. The second-order valence-electron chi connectivity index (χ2n) is 4.41. The molecule has 5 heteroatoms. The van der Waals surface area contributed by atoms with E-state index in [2.05, 4.69) is 10.3 Å². The van der Waals surface area contributed by atoms with Gasteiger partial charge in [0.15, 0.2) is 0 Å². The van der Waals surface area contributed by atoms with E-state index < -0.39 is 5.82 Å². The third kappa shape index (κ3) is 2.79. The number of halogens is 1. The number of carbonyl (C=O) groups excluding carboxylic acids is 1. The summed E-state index contributed by atoms with van der Waals surface area (Å²) in [6.07, 6.45) is 5.43. The highest BCUT2D eigenvalue weighted by molar-refractivity contribution is 5.92. The van der Waals surface area contributed by atoms with Gasteiger partial charge in [0.2, 0.25) is 5.91 Å². The Morgan fingerprint density at radius 3 is 3.06 bits per heavy atom. The van der Waals surface area contributed by atoms with Crippen molar-refractivity contribution in [1.82, 2.24) is 4.98 Å². The van der Waals surface area contributed by atoms with Crippen molar-refractivity contribution in [1.29, 1.82) is 0 Å². The maximum atomic E-state index is 12.9. The minimum atomic E-state index is -0.454. The van der Waals surface area contributed by atoms with E-state index in [1.165, 1.54) is 12.3 Å². The number of rotatable bonds is 3. The summed E-state index contributed by atoms with van der Waals surface area (Å²) in [6, 6.07) is 1.26. The summed E-state index contributed by atoms with van der Waals surface area (Å²) in [5.74, 6) is -0.338. The predicted octanol–water partition coefficient (Wildman–Crippen LogP) is 1.53. The molecule has 1 aliphatic carbocycles. The average molecular weight is 237 g/mol. The second-order valence-corrected chi connectivity index (χ2v) is 4.41. The van der Waals surface area contributed by atoms with Gasteiger partial charge in [-0.3, -0.25) is 9.78 Å². The Balaban J connectivity index is 2.01. The summed E-state index contributed by atoms with van der Waals surface area (Å²) in [4.78, 5) is 15.7. The Morgan fingerprint density at radius 1 is 1.53 bits per heavy atom. The van der Waals surface area contributed by atoms with E-state index in [9.17, 15) is 9.18 Å². The lowest BCUT2D eigenvalue weighted by molar-refractivity contribution is -0.120. The molecule has 2 atom stereocenters. The van der Waals surface area contributed by atoms with Crippen LogP contribution in [0, 0.1) is 17.7 Å². The molecule has 1 saturated carbocycles. The van der Waals surface area contributed by atoms with Crippen molar-refractivity contribution in [2.24, 2.45) is 17.6 Å². The topological polar surface area (TPSA) is 68.0 Å². The molecule has 1 aliphatic rings. The van der Waals surface area contributed by atoms with Crippen LogP contribution < -0.4 is 11.1 Å². The maximum absolute atomic E-state index is 12.9. The van der Waals surface area contributed by atoms with Gasteiger partial charge in [-0.25, -0.2) is 4.39 Å². The van der Waals surface area contributed by atoms with Gasteiger partial charge >= 0.3 is 0 Å².